The molecule has 0 bridgehead atoms. The van der Waals surface area contributed by atoms with Crippen molar-refractivity contribution in [2.75, 3.05) is 5.32 Å². The lowest BCUT2D eigenvalue weighted by Gasteiger charge is -2.09. The summed E-state index contributed by atoms with van der Waals surface area (Å²) in [7, 11) is 0. The summed E-state index contributed by atoms with van der Waals surface area (Å²) in [4.78, 5) is 24.3. The number of phenolic OH excluding ortho intramolecular Hbond substituents is 1. The second-order valence-electron chi connectivity index (χ2n) is 5.65. The van der Waals surface area contributed by atoms with Crippen molar-refractivity contribution in [3.8, 4) is 23.1 Å². The number of carbonyl (C=O) groups is 1. The molecule has 1 amide bonds. The van der Waals surface area contributed by atoms with Crippen LogP contribution < -0.4 is 10.9 Å². The fraction of sp³-hybridized carbons (Fsp3) is 0.0526. The van der Waals surface area contributed by atoms with Crippen LogP contribution in [0.25, 0.3) is 11.3 Å². The standard InChI is InChI=1S/C19H13ClN4O3/c20-14-3-1-13(2-4-14)17-5-6-19(27)24(23-17)11-18(26)22-15-7-12(10-21)8-16(25)9-15/h1-9,25H,11H2,(H,22,26). The summed E-state index contributed by atoms with van der Waals surface area (Å²) in [5, 5.41) is 25.8. The molecule has 0 aliphatic heterocycles. The Bertz CT molecular complexity index is 1100. The summed E-state index contributed by atoms with van der Waals surface area (Å²) in [6, 6.07) is 15.7. The number of nitrogens with zero attached hydrogens (tertiary/aromatic N) is 3. The quantitative estimate of drug-likeness (QED) is 0.723. The van der Waals surface area contributed by atoms with E-state index in [0.717, 1.165) is 10.2 Å². The largest absolute Gasteiger partial charge is 0.508 e. The maximum Gasteiger partial charge on any atom is 0.267 e. The first-order chi connectivity index (χ1) is 12.9. The predicted octanol–water partition coefficient (Wildman–Crippen LogP) is 2.78. The molecule has 3 aromatic rings. The normalized spacial score (nSPS) is 10.2. The zero-order chi connectivity index (χ0) is 19.4. The lowest BCUT2D eigenvalue weighted by atomic mass is 10.1. The van der Waals surface area contributed by atoms with Crippen LogP contribution in [0.1, 0.15) is 5.56 Å². The molecule has 134 valence electrons. The van der Waals surface area contributed by atoms with Crippen LogP contribution in [0.3, 0.4) is 0 Å². The summed E-state index contributed by atoms with van der Waals surface area (Å²) in [5.74, 6) is -0.670. The van der Waals surface area contributed by atoms with Gasteiger partial charge in [-0.3, -0.25) is 9.59 Å². The summed E-state index contributed by atoms with van der Waals surface area (Å²) >= 11 is 5.87. The van der Waals surface area contributed by atoms with E-state index in [-0.39, 0.29) is 23.5 Å². The number of halogens is 1. The topological polar surface area (TPSA) is 108 Å². The Morgan fingerprint density at radius 3 is 2.63 bits per heavy atom. The summed E-state index contributed by atoms with van der Waals surface area (Å²) in [6.07, 6.45) is 0. The predicted molar refractivity (Wildman–Crippen MR) is 100 cm³/mol. The summed E-state index contributed by atoms with van der Waals surface area (Å²) in [5.41, 5.74) is 1.28. The van der Waals surface area contributed by atoms with Gasteiger partial charge >= 0.3 is 0 Å². The molecule has 1 heterocycles. The van der Waals surface area contributed by atoms with E-state index in [1.165, 1.54) is 24.3 Å². The molecule has 0 atom stereocenters. The molecule has 3 rings (SSSR count). The molecule has 27 heavy (non-hydrogen) atoms. The highest BCUT2D eigenvalue weighted by Crippen LogP contribution is 2.20. The van der Waals surface area contributed by atoms with Crippen LogP contribution in [-0.2, 0) is 11.3 Å². The van der Waals surface area contributed by atoms with Gasteiger partial charge in [-0.25, -0.2) is 4.68 Å². The number of nitriles is 1. The average Bonchev–Trinajstić information content (AvgIpc) is 2.63. The zero-order valence-electron chi connectivity index (χ0n) is 13.9. The van der Waals surface area contributed by atoms with Gasteiger partial charge in [-0.2, -0.15) is 10.4 Å². The molecule has 0 saturated carbocycles. The van der Waals surface area contributed by atoms with E-state index >= 15 is 0 Å². The van der Waals surface area contributed by atoms with Crippen molar-refractivity contribution in [1.82, 2.24) is 9.78 Å². The van der Waals surface area contributed by atoms with Crippen LogP contribution in [0.4, 0.5) is 5.69 Å². The van der Waals surface area contributed by atoms with E-state index in [1.54, 1.807) is 30.3 Å². The van der Waals surface area contributed by atoms with Gasteiger partial charge in [0.1, 0.15) is 12.3 Å². The smallest absolute Gasteiger partial charge is 0.267 e. The maximum atomic E-state index is 12.2. The molecule has 0 radical (unpaired) electrons. The number of nitrogens with one attached hydrogen (secondary N) is 1. The number of aromatic nitrogens is 2. The van der Waals surface area contributed by atoms with Gasteiger partial charge in [-0.1, -0.05) is 23.7 Å². The van der Waals surface area contributed by atoms with Gasteiger partial charge in [-0.05, 0) is 30.3 Å². The molecule has 1 aromatic heterocycles. The fourth-order valence-corrected chi connectivity index (χ4v) is 2.55. The van der Waals surface area contributed by atoms with Crippen LogP contribution in [0.2, 0.25) is 5.02 Å². The monoisotopic (exact) mass is 380 g/mol. The number of amides is 1. The minimum absolute atomic E-state index is 0.149. The fourth-order valence-electron chi connectivity index (χ4n) is 2.42. The average molecular weight is 381 g/mol. The van der Waals surface area contributed by atoms with Crippen molar-refractivity contribution in [3.63, 3.8) is 0 Å². The van der Waals surface area contributed by atoms with Crippen molar-refractivity contribution in [1.29, 1.82) is 5.26 Å². The molecule has 0 spiro atoms. The lowest BCUT2D eigenvalue weighted by Crippen LogP contribution is -2.29. The third kappa shape index (κ3) is 4.51. The first kappa shape index (κ1) is 18.2. The van der Waals surface area contributed by atoms with Gasteiger partial charge in [0.25, 0.3) is 5.56 Å². The SMILES string of the molecule is N#Cc1cc(O)cc(NC(=O)Cn2nc(-c3ccc(Cl)cc3)ccc2=O)c1. The van der Waals surface area contributed by atoms with Gasteiger partial charge in [0.2, 0.25) is 5.91 Å². The molecule has 7 nitrogen and oxygen atoms in total. The van der Waals surface area contributed by atoms with E-state index in [1.807, 2.05) is 6.07 Å². The Morgan fingerprint density at radius 1 is 1.19 bits per heavy atom. The molecule has 0 saturated heterocycles. The van der Waals surface area contributed by atoms with E-state index < -0.39 is 11.5 Å². The number of carbonyl (C=O) groups excluding carboxylic acids is 1. The number of anilines is 1. The van der Waals surface area contributed by atoms with Crippen LogP contribution in [-0.4, -0.2) is 20.8 Å². The number of aromatic hydroxyl groups is 1. The summed E-state index contributed by atoms with van der Waals surface area (Å²) in [6.45, 7) is -0.322. The molecule has 0 unspecified atom stereocenters. The molecular weight excluding hydrogens is 368 g/mol. The molecular formula is C19H13ClN4O3. The van der Waals surface area contributed by atoms with Crippen LogP contribution in [0.5, 0.6) is 5.75 Å². The number of hydrogen-bond donors (Lipinski definition) is 2. The minimum Gasteiger partial charge on any atom is -0.508 e. The van der Waals surface area contributed by atoms with Gasteiger partial charge in [0.15, 0.2) is 0 Å². The highest BCUT2D eigenvalue weighted by atomic mass is 35.5. The van der Waals surface area contributed by atoms with Gasteiger partial charge in [0, 0.05) is 28.4 Å². The molecule has 0 aliphatic rings. The number of phenols is 1. The molecule has 0 fully saturated rings. The molecule has 0 aliphatic carbocycles. The minimum atomic E-state index is -0.521. The third-order valence-electron chi connectivity index (χ3n) is 3.63. The van der Waals surface area contributed by atoms with E-state index in [9.17, 15) is 14.7 Å². The Balaban J connectivity index is 1.81. The zero-order valence-corrected chi connectivity index (χ0v) is 14.6. The van der Waals surface area contributed by atoms with Crippen LogP contribution in [0, 0.1) is 11.3 Å². The second kappa shape index (κ2) is 7.72. The third-order valence-corrected chi connectivity index (χ3v) is 3.88. The molecule has 8 heteroatoms. The highest BCUT2D eigenvalue weighted by molar-refractivity contribution is 6.30. The van der Waals surface area contributed by atoms with E-state index in [2.05, 4.69) is 10.4 Å². The van der Waals surface area contributed by atoms with Crippen molar-refractivity contribution in [3.05, 3.63) is 75.5 Å². The Labute approximate surface area is 159 Å². The molecule has 2 aromatic carbocycles. The van der Waals surface area contributed by atoms with E-state index in [0.29, 0.717) is 10.7 Å². The van der Waals surface area contributed by atoms with E-state index in [4.69, 9.17) is 16.9 Å². The second-order valence-corrected chi connectivity index (χ2v) is 6.09. The highest BCUT2D eigenvalue weighted by Gasteiger charge is 2.10. The van der Waals surface area contributed by atoms with Gasteiger partial charge < -0.3 is 10.4 Å². The van der Waals surface area contributed by atoms with Crippen molar-refractivity contribution in [2.45, 2.75) is 6.54 Å². The maximum absolute atomic E-state index is 12.2. The Morgan fingerprint density at radius 2 is 1.93 bits per heavy atom. The van der Waals surface area contributed by atoms with Crippen LogP contribution in [0.15, 0.2) is 59.4 Å². The molecule has 2 N–H and O–H groups in total. The number of benzene rings is 2. The first-order valence-electron chi connectivity index (χ1n) is 7.83. The lowest BCUT2D eigenvalue weighted by molar-refractivity contribution is -0.117. The summed E-state index contributed by atoms with van der Waals surface area (Å²) < 4.78 is 1.03. The van der Waals surface area contributed by atoms with Gasteiger partial charge in [0.05, 0.1) is 17.3 Å². The van der Waals surface area contributed by atoms with Crippen molar-refractivity contribution in [2.24, 2.45) is 0 Å². The van der Waals surface area contributed by atoms with Gasteiger partial charge in [-0.15, -0.1) is 0 Å². The van der Waals surface area contributed by atoms with Crippen molar-refractivity contribution >= 4 is 23.2 Å². The first-order valence-corrected chi connectivity index (χ1v) is 8.20. The Hall–Kier alpha value is -3.63. The van der Waals surface area contributed by atoms with Crippen molar-refractivity contribution < 1.29 is 9.90 Å². The number of hydrogen-bond acceptors (Lipinski definition) is 5. The Kier molecular flexibility index (Phi) is 5.20. The van der Waals surface area contributed by atoms with Crippen LogP contribution >= 0.6 is 11.6 Å². The number of rotatable bonds is 4.